The number of nitrogens with one attached hydrogen (secondary N) is 1. The molecule has 0 aliphatic carbocycles. The van der Waals surface area contributed by atoms with Crippen LogP contribution < -0.4 is 14.8 Å². The maximum atomic E-state index is 12.8. The van der Waals surface area contributed by atoms with Gasteiger partial charge in [0, 0.05) is 5.56 Å². The summed E-state index contributed by atoms with van der Waals surface area (Å²) >= 11 is 6.35. The zero-order chi connectivity index (χ0) is 20.1. The van der Waals surface area contributed by atoms with Crippen LogP contribution in [-0.2, 0) is 0 Å². The monoisotopic (exact) mass is 400 g/mol. The van der Waals surface area contributed by atoms with Crippen LogP contribution in [0.3, 0.4) is 0 Å². The predicted molar refractivity (Wildman–Crippen MR) is 108 cm³/mol. The number of halogens is 1. The Morgan fingerprint density at radius 3 is 2.75 bits per heavy atom. The van der Waals surface area contributed by atoms with Crippen LogP contribution in [0.15, 0.2) is 48.8 Å². The number of rotatable bonds is 7. The molecule has 0 aliphatic heterocycles. The van der Waals surface area contributed by atoms with Gasteiger partial charge < -0.3 is 14.8 Å². The molecule has 3 aromatic rings. The van der Waals surface area contributed by atoms with Gasteiger partial charge in [0.25, 0.3) is 5.91 Å². The first-order valence-electron chi connectivity index (χ1n) is 8.77. The minimum atomic E-state index is -0.330. The molecule has 1 N–H and O–H groups in total. The quantitative estimate of drug-likeness (QED) is 0.642. The number of hydrogen-bond acceptors (Lipinski definition) is 5. The number of carbonyl (C=O) groups excluding carboxylic acids is 1. The lowest BCUT2D eigenvalue weighted by Gasteiger charge is -2.16. The maximum Gasteiger partial charge on any atom is 0.255 e. The number of anilines is 1. The van der Waals surface area contributed by atoms with Crippen molar-refractivity contribution in [3.63, 3.8) is 0 Å². The van der Waals surface area contributed by atoms with Crippen LogP contribution in [0.25, 0.3) is 5.69 Å². The van der Waals surface area contributed by atoms with Gasteiger partial charge in [-0.2, -0.15) is 0 Å². The Kier molecular flexibility index (Phi) is 6.16. The van der Waals surface area contributed by atoms with Gasteiger partial charge in [0.05, 0.1) is 42.5 Å². The molecule has 0 fully saturated rings. The highest BCUT2D eigenvalue weighted by atomic mass is 35.5. The molecule has 3 rings (SSSR count). The van der Waals surface area contributed by atoms with Crippen LogP contribution in [0.4, 0.5) is 5.69 Å². The molecule has 2 aromatic carbocycles. The molecule has 0 spiro atoms. The standard InChI is InChI=1S/C20H21ClN4O3/c1-13(2)12-28-19-15(21)10-14(11-18(19)27-3)20(26)23-16-6-4-5-7-17(16)25-9-8-22-24-25/h4-11,13H,12H2,1-3H3,(H,23,26). The molecule has 1 aromatic heterocycles. The van der Waals surface area contributed by atoms with E-state index in [9.17, 15) is 4.79 Å². The van der Waals surface area contributed by atoms with E-state index in [4.69, 9.17) is 21.1 Å². The van der Waals surface area contributed by atoms with Crippen molar-refractivity contribution in [2.24, 2.45) is 5.92 Å². The average molecular weight is 401 g/mol. The summed E-state index contributed by atoms with van der Waals surface area (Å²) in [5.41, 5.74) is 1.64. The third kappa shape index (κ3) is 4.43. The van der Waals surface area contributed by atoms with Crippen molar-refractivity contribution in [3.8, 4) is 17.2 Å². The highest BCUT2D eigenvalue weighted by Crippen LogP contribution is 2.37. The molecule has 146 valence electrons. The fraction of sp³-hybridized carbons (Fsp3) is 0.250. The van der Waals surface area contributed by atoms with Crippen molar-refractivity contribution >= 4 is 23.2 Å². The lowest BCUT2D eigenvalue weighted by Crippen LogP contribution is -2.15. The molecular formula is C20H21ClN4O3. The van der Waals surface area contributed by atoms with Gasteiger partial charge in [0.2, 0.25) is 0 Å². The number of hydrogen-bond donors (Lipinski definition) is 1. The Bertz CT molecular complexity index is 958. The summed E-state index contributed by atoms with van der Waals surface area (Å²) < 4.78 is 12.7. The number of para-hydroxylation sites is 2. The second-order valence-corrected chi connectivity index (χ2v) is 6.92. The summed E-state index contributed by atoms with van der Waals surface area (Å²) in [6.45, 7) is 4.57. The Morgan fingerprint density at radius 1 is 1.29 bits per heavy atom. The fourth-order valence-electron chi connectivity index (χ4n) is 2.55. The van der Waals surface area contributed by atoms with Gasteiger partial charge >= 0.3 is 0 Å². The van der Waals surface area contributed by atoms with Crippen LogP contribution >= 0.6 is 11.6 Å². The Balaban J connectivity index is 1.87. The third-order valence-corrected chi connectivity index (χ3v) is 4.15. The summed E-state index contributed by atoms with van der Waals surface area (Å²) in [5, 5.41) is 11.0. The average Bonchev–Trinajstić information content (AvgIpc) is 3.21. The van der Waals surface area contributed by atoms with Crippen LogP contribution in [0.2, 0.25) is 5.02 Å². The zero-order valence-electron chi connectivity index (χ0n) is 15.8. The summed E-state index contributed by atoms with van der Waals surface area (Å²) in [6.07, 6.45) is 3.27. The van der Waals surface area contributed by atoms with Gasteiger partial charge in [0.15, 0.2) is 11.5 Å². The predicted octanol–water partition coefficient (Wildman–Crippen LogP) is 4.22. The van der Waals surface area contributed by atoms with Crippen molar-refractivity contribution in [2.75, 3.05) is 19.0 Å². The molecule has 28 heavy (non-hydrogen) atoms. The molecule has 0 saturated heterocycles. The zero-order valence-corrected chi connectivity index (χ0v) is 16.6. The SMILES string of the molecule is COc1cc(C(=O)Nc2ccccc2-n2ccnn2)cc(Cl)c1OCC(C)C. The van der Waals surface area contributed by atoms with Crippen molar-refractivity contribution in [2.45, 2.75) is 13.8 Å². The van der Waals surface area contributed by atoms with E-state index in [2.05, 4.69) is 15.6 Å². The molecule has 0 radical (unpaired) electrons. The fourth-order valence-corrected chi connectivity index (χ4v) is 2.82. The number of ether oxygens (including phenoxy) is 2. The minimum absolute atomic E-state index is 0.315. The van der Waals surface area contributed by atoms with Crippen molar-refractivity contribution < 1.29 is 14.3 Å². The molecule has 0 aliphatic rings. The number of aromatic nitrogens is 3. The molecule has 1 heterocycles. The maximum absolute atomic E-state index is 12.8. The highest BCUT2D eigenvalue weighted by molar-refractivity contribution is 6.32. The van der Waals surface area contributed by atoms with Gasteiger partial charge in [-0.3, -0.25) is 4.79 Å². The second-order valence-electron chi connectivity index (χ2n) is 6.51. The van der Waals surface area contributed by atoms with Gasteiger partial charge in [-0.1, -0.05) is 42.8 Å². The summed E-state index contributed by atoms with van der Waals surface area (Å²) in [6, 6.07) is 10.5. The summed E-state index contributed by atoms with van der Waals surface area (Å²) in [7, 11) is 1.51. The smallest absolute Gasteiger partial charge is 0.255 e. The summed E-state index contributed by atoms with van der Waals surface area (Å²) in [5.74, 6) is 0.834. The number of benzene rings is 2. The molecule has 1 amide bonds. The first kappa shape index (κ1) is 19.7. The van der Waals surface area contributed by atoms with E-state index in [1.165, 1.54) is 7.11 Å². The normalized spacial score (nSPS) is 10.8. The van der Waals surface area contributed by atoms with E-state index in [-0.39, 0.29) is 5.91 Å². The van der Waals surface area contributed by atoms with Crippen molar-refractivity contribution in [3.05, 3.63) is 59.4 Å². The first-order chi connectivity index (χ1) is 13.5. The van der Waals surface area contributed by atoms with Gasteiger partial charge in [-0.05, 0) is 30.2 Å². The number of nitrogens with zero attached hydrogens (tertiary/aromatic N) is 3. The molecule has 0 atom stereocenters. The Labute approximate surface area is 168 Å². The molecule has 8 heteroatoms. The van der Waals surface area contributed by atoms with Gasteiger partial charge in [0.1, 0.15) is 0 Å². The topological polar surface area (TPSA) is 78.3 Å². The Hall–Kier alpha value is -3.06. The van der Waals surface area contributed by atoms with E-state index in [0.29, 0.717) is 46.0 Å². The van der Waals surface area contributed by atoms with Crippen LogP contribution in [-0.4, -0.2) is 34.6 Å². The Morgan fingerprint density at radius 2 is 2.07 bits per heavy atom. The summed E-state index contributed by atoms with van der Waals surface area (Å²) in [4.78, 5) is 12.8. The molecule has 0 unspecified atom stereocenters. The number of amides is 1. The second kappa shape index (κ2) is 8.75. The van der Waals surface area contributed by atoms with E-state index < -0.39 is 0 Å². The third-order valence-electron chi connectivity index (χ3n) is 3.87. The van der Waals surface area contributed by atoms with Crippen LogP contribution in [0.1, 0.15) is 24.2 Å². The van der Waals surface area contributed by atoms with E-state index in [1.807, 2.05) is 32.0 Å². The molecule has 7 nitrogen and oxygen atoms in total. The minimum Gasteiger partial charge on any atom is -0.493 e. The molecular weight excluding hydrogens is 380 g/mol. The first-order valence-corrected chi connectivity index (χ1v) is 9.14. The number of carbonyl (C=O) groups is 1. The van der Waals surface area contributed by atoms with E-state index >= 15 is 0 Å². The lowest BCUT2D eigenvalue weighted by atomic mass is 10.1. The number of methoxy groups -OCH3 is 1. The lowest BCUT2D eigenvalue weighted by molar-refractivity contribution is 0.102. The van der Waals surface area contributed by atoms with Crippen molar-refractivity contribution in [1.29, 1.82) is 0 Å². The molecule has 0 bridgehead atoms. The van der Waals surface area contributed by atoms with Gasteiger partial charge in [-0.25, -0.2) is 4.68 Å². The highest BCUT2D eigenvalue weighted by Gasteiger charge is 2.17. The largest absolute Gasteiger partial charge is 0.493 e. The van der Waals surface area contributed by atoms with E-state index in [1.54, 1.807) is 35.3 Å². The van der Waals surface area contributed by atoms with Crippen LogP contribution in [0.5, 0.6) is 11.5 Å². The van der Waals surface area contributed by atoms with Crippen LogP contribution in [0, 0.1) is 5.92 Å². The van der Waals surface area contributed by atoms with E-state index in [0.717, 1.165) is 0 Å². The molecule has 0 saturated carbocycles. The van der Waals surface area contributed by atoms with Crippen molar-refractivity contribution in [1.82, 2.24) is 15.0 Å². The van der Waals surface area contributed by atoms with Gasteiger partial charge in [-0.15, -0.1) is 5.10 Å².